The topological polar surface area (TPSA) is 17.3 Å². The molecule has 0 aliphatic rings. The van der Waals surface area contributed by atoms with Gasteiger partial charge in [0.2, 0.25) is 0 Å². The summed E-state index contributed by atoms with van der Waals surface area (Å²) in [7, 11) is 0. The van der Waals surface area contributed by atoms with Gasteiger partial charge in [0, 0.05) is 11.8 Å². The maximum absolute atomic E-state index is 4.59. The lowest BCUT2D eigenvalue weighted by Gasteiger charge is -1.93. The van der Waals surface area contributed by atoms with Gasteiger partial charge in [-0.25, -0.2) is 4.98 Å². The molecule has 0 aliphatic carbocycles. The van der Waals surface area contributed by atoms with Crippen LogP contribution in [0.15, 0.2) is 48.7 Å². The van der Waals surface area contributed by atoms with Gasteiger partial charge >= 0.3 is 0 Å². The lowest BCUT2D eigenvalue weighted by molar-refractivity contribution is 1.15. The summed E-state index contributed by atoms with van der Waals surface area (Å²) in [5.74, 6) is 0. The smallest absolute Gasteiger partial charge is 0.140 e. The zero-order valence-electron chi connectivity index (χ0n) is 9.01. The van der Waals surface area contributed by atoms with Crippen LogP contribution in [-0.2, 0) is 0 Å². The molecule has 2 aromatic heterocycles. The van der Waals surface area contributed by atoms with Gasteiger partial charge in [0.1, 0.15) is 5.65 Å². The van der Waals surface area contributed by atoms with Gasteiger partial charge in [-0.2, -0.15) is 0 Å². The molecule has 0 spiro atoms. The van der Waals surface area contributed by atoms with E-state index in [1.54, 1.807) is 0 Å². The molecule has 1 aromatic carbocycles. The molecule has 0 aliphatic heterocycles. The fourth-order valence-electron chi connectivity index (χ4n) is 1.81. The predicted molar refractivity (Wildman–Crippen MR) is 64.2 cm³/mol. The average molecular weight is 207 g/mol. The number of pyridine rings is 1. The first-order valence-corrected chi connectivity index (χ1v) is 5.27. The van der Waals surface area contributed by atoms with Crippen molar-refractivity contribution in [3.05, 3.63) is 60.4 Å². The van der Waals surface area contributed by atoms with Crippen LogP contribution < -0.4 is 0 Å². The highest BCUT2D eigenvalue weighted by Gasteiger charge is 2.05. The Hall–Kier alpha value is -2.09. The summed E-state index contributed by atoms with van der Waals surface area (Å²) in [6, 6.07) is 14.2. The monoisotopic (exact) mass is 207 g/mol. The Kier molecular flexibility index (Phi) is 2.00. The molecule has 0 fully saturated rings. The Morgan fingerprint density at radius 2 is 1.88 bits per heavy atom. The van der Waals surface area contributed by atoms with Gasteiger partial charge in [-0.1, -0.05) is 36.4 Å². The SMILES string of the molecule is Cc1cccn2[c]c(-c3ccccc3)nc12. The summed E-state index contributed by atoms with van der Waals surface area (Å²) in [6.45, 7) is 2.06. The molecule has 0 N–H and O–H groups in total. The molecule has 3 rings (SSSR count). The first-order chi connectivity index (χ1) is 7.84. The fraction of sp³-hybridized carbons (Fsp3) is 0.0714. The van der Waals surface area contributed by atoms with Crippen molar-refractivity contribution in [2.45, 2.75) is 6.92 Å². The number of hydrogen-bond acceptors (Lipinski definition) is 1. The van der Waals surface area contributed by atoms with Crippen LogP contribution >= 0.6 is 0 Å². The van der Waals surface area contributed by atoms with E-state index in [1.807, 2.05) is 47.0 Å². The van der Waals surface area contributed by atoms with Crippen molar-refractivity contribution < 1.29 is 0 Å². The Morgan fingerprint density at radius 1 is 1.06 bits per heavy atom. The normalized spacial score (nSPS) is 10.8. The highest BCUT2D eigenvalue weighted by atomic mass is 15.0. The van der Waals surface area contributed by atoms with Crippen molar-refractivity contribution in [2.75, 3.05) is 0 Å². The minimum Gasteiger partial charge on any atom is -0.297 e. The summed E-state index contributed by atoms with van der Waals surface area (Å²) in [4.78, 5) is 4.59. The van der Waals surface area contributed by atoms with E-state index in [-0.39, 0.29) is 0 Å². The molecule has 0 unspecified atom stereocenters. The molecule has 3 aromatic rings. The van der Waals surface area contributed by atoms with E-state index in [4.69, 9.17) is 0 Å². The second-order valence-electron chi connectivity index (χ2n) is 3.82. The van der Waals surface area contributed by atoms with Gasteiger partial charge in [-0.15, -0.1) is 0 Å². The van der Waals surface area contributed by atoms with E-state index in [2.05, 4.69) is 24.2 Å². The van der Waals surface area contributed by atoms with Crippen molar-refractivity contribution in [1.82, 2.24) is 9.38 Å². The van der Waals surface area contributed by atoms with E-state index in [9.17, 15) is 0 Å². The number of benzene rings is 1. The van der Waals surface area contributed by atoms with Crippen LogP contribution in [0.5, 0.6) is 0 Å². The highest BCUT2D eigenvalue weighted by molar-refractivity contribution is 5.63. The van der Waals surface area contributed by atoms with Gasteiger partial charge in [0.25, 0.3) is 0 Å². The maximum atomic E-state index is 4.59. The van der Waals surface area contributed by atoms with E-state index in [0.29, 0.717) is 0 Å². The summed E-state index contributed by atoms with van der Waals surface area (Å²) in [5.41, 5.74) is 4.14. The average Bonchev–Trinajstić information content (AvgIpc) is 2.76. The summed E-state index contributed by atoms with van der Waals surface area (Å²) < 4.78 is 1.94. The van der Waals surface area contributed by atoms with Gasteiger partial charge < -0.3 is 0 Å². The molecule has 16 heavy (non-hydrogen) atoms. The van der Waals surface area contributed by atoms with E-state index < -0.39 is 0 Å². The molecule has 0 saturated heterocycles. The molecule has 2 heterocycles. The van der Waals surface area contributed by atoms with Gasteiger partial charge in [-0.3, -0.25) is 4.40 Å². The molecule has 77 valence electrons. The molecule has 0 bridgehead atoms. The number of hydrogen-bond donors (Lipinski definition) is 0. The third kappa shape index (κ3) is 1.39. The van der Waals surface area contributed by atoms with Gasteiger partial charge in [0.05, 0.1) is 11.9 Å². The van der Waals surface area contributed by atoms with Crippen molar-refractivity contribution >= 4 is 5.65 Å². The Bertz CT molecular complexity index is 624. The summed E-state index contributed by atoms with van der Waals surface area (Å²) >= 11 is 0. The minimum absolute atomic E-state index is 0.898. The number of aryl methyl sites for hydroxylation is 1. The zero-order chi connectivity index (χ0) is 11.0. The largest absolute Gasteiger partial charge is 0.297 e. The number of rotatable bonds is 1. The minimum atomic E-state index is 0.898. The van der Waals surface area contributed by atoms with Crippen molar-refractivity contribution in [2.24, 2.45) is 0 Å². The molecular formula is C14H11N2. The van der Waals surface area contributed by atoms with Crippen LogP contribution in [0.3, 0.4) is 0 Å². The first-order valence-electron chi connectivity index (χ1n) is 5.27. The summed E-state index contributed by atoms with van der Waals surface area (Å²) in [6.07, 6.45) is 5.23. The molecule has 2 nitrogen and oxygen atoms in total. The number of fused-ring (bicyclic) bond motifs is 1. The predicted octanol–water partition coefficient (Wildman–Crippen LogP) is 3.11. The second kappa shape index (κ2) is 3.49. The van der Waals surface area contributed by atoms with Crippen molar-refractivity contribution in [3.8, 4) is 11.3 Å². The molecule has 2 heteroatoms. The quantitative estimate of drug-likeness (QED) is 0.599. The zero-order valence-corrected chi connectivity index (χ0v) is 9.01. The molecule has 1 radical (unpaired) electrons. The van der Waals surface area contributed by atoms with Crippen LogP contribution in [0.25, 0.3) is 16.9 Å². The Morgan fingerprint density at radius 3 is 2.62 bits per heavy atom. The lowest BCUT2D eigenvalue weighted by Crippen LogP contribution is -1.84. The fourth-order valence-corrected chi connectivity index (χ4v) is 1.81. The summed E-state index contributed by atoms with van der Waals surface area (Å²) in [5, 5.41) is 0. The van der Waals surface area contributed by atoms with E-state index >= 15 is 0 Å². The Labute approximate surface area is 94.2 Å². The van der Waals surface area contributed by atoms with E-state index in [0.717, 1.165) is 16.9 Å². The van der Waals surface area contributed by atoms with Crippen LogP contribution in [0.2, 0.25) is 0 Å². The maximum Gasteiger partial charge on any atom is 0.140 e. The van der Waals surface area contributed by atoms with Crippen LogP contribution in [0, 0.1) is 13.1 Å². The van der Waals surface area contributed by atoms with Crippen LogP contribution in [0.4, 0.5) is 0 Å². The lowest BCUT2D eigenvalue weighted by atomic mass is 10.2. The van der Waals surface area contributed by atoms with E-state index in [1.165, 1.54) is 5.56 Å². The number of aromatic nitrogens is 2. The molecule has 0 atom stereocenters. The Balaban J connectivity index is 2.23. The second-order valence-corrected chi connectivity index (χ2v) is 3.82. The third-order valence-electron chi connectivity index (χ3n) is 2.65. The molecule has 0 amide bonds. The van der Waals surface area contributed by atoms with Crippen LogP contribution in [-0.4, -0.2) is 9.38 Å². The van der Waals surface area contributed by atoms with Crippen molar-refractivity contribution in [3.63, 3.8) is 0 Å². The molecule has 0 saturated carbocycles. The van der Waals surface area contributed by atoms with Crippen molar-refractivity contribution in [1.29, 1.82) is 0 Å². The van der Waals surface area contributed by atoms with Gasteiger partial charge in [0.15, 0.2) is 0 Å². The highest BCUT2D eigenvalue weighted by Crippen LogP contribution is 2.19. The van der Waals surface area contributed by atoms with Gasteiger partial charge in [-0.05, 0) is 18.6 Å². The standard InChI is InChI=1S/C14H11N2/c1-11-6-5-9-16-10-13(15-14(11)16)12-7-3-2-4-8-12/h2-9H,1H3. The third-order valence-corrected chi connectivity index (χ3v) is 2.65. The number of imidazole rings is 1. The molecular weight excluding hydrogens is 196 g/mol. The number of nitrogens with zero attached hydrogens (tertiary/aromatic N) is 2. The first kappa shape index (κ1) is 9.16. The van der Waals surface area contributed by atoms with Crippen LogP contribution in [0.1, 0.15) is 5.56 Å².